The van der Waals surface area contributed by atoms with Crippen LogP contribution in [0.25, 0.3) is 0 Å². The zero-order chi connectivity index (χ0) is 18.4. The molecule has 0 aromatic heterocycles. The van der Waals surface area contributed by atoms with E-state index >= 15 is 0 Å². The van der Waals surface area contributed by atoms with E-state index in [1.807, 2.05) is 36.4 Å². The van der Waals surface area contributed by atoms with Crippen molar-refractivity contribution in [3.63, 3.8) is 0 Å². The van der Waals surface area contributed by atoms with Gasteiger partial charge in [0.05, 0.1) is 19.6 Å². The number of ether oxygens (including phenoxy) is 1. The Morgan fingerprint density at radius 1 is 1.08 bits per heavy atom. The van der Waals surface area contributed by atoms with Crippen LogP contribution in [0.3, 0.4) is 0 Å². The Kier molecular flexibility index (Phi) is 6.29. The summed E-state index contributed by atoms with van der Waals surface area (Å²) in [5.74, 6) is 0.934. The van der Waals surface area contributed by atoms with Crippen LogP contribution in [0.5, 0.6) is 5.75 Å². The predicted molar refractivity (Wildman–Crippen MR) is 104 cm³/mol. The lowest BCUT2D eigenvalue weighted by molar-refractivity contribution is -0.120. The molecule has 1 atom stereocenters. The number of benzene rings is 2. The van der Waals surface area contributed by atoms with E-state index in [1.54, 1.807) is 7.11 Å². The number of amides is 1. The van der Waals surface area contributed by atoms with E-state index in [1.165, 1.54) is 24.0 Å². The molecular formula is C22H28N2O2. The van der Waals surface area contributed by atoms with E-state index in [0.29, 0.717) is 13.0 Å². The maximum absolute atomic E-state index is 12.4. The third-order valence-corrected chi connectivity index (χ3v) is 5.06. The summed E-state index contributed by atoms with van der Waals surface area (Å²) in [5, 5.41) is 3.14. The standard InChI is InChI=1S/C22H28N2O2/c1-17-5-7-18(8-6-17)15-22(25)23-16-21(24-13-3-4-14-24)19-9-11-20(26-2)12-10-19/h5-12,21H,3-4,13-16H2,1-2H3,(H,23,25). The SMILES string of the molecule is COc1ccc(C(CNC(=O)Cc2ccc(C)cc2)N2CCCC2)cc1. The smallest absolute Gasteiger partial charge is 0.224 e. The molecule has 0 aliphatic carbocycles. The molecule has 1 aliphatic heterocycles. The van der Waals surface area contributed by atoms with Crippen molar-refractivity contribution in [3.05, 3.63) is 65.2 Å². The lowest BCUT2D eigenvalue weighted by Crippen LogP contribution is -2.37. The quantitative estimate of drug-likeness (QED) is 0.829. The van der Waals surface area contributed by atoms with Crippen molar-refractivity contribution in [1.29, 1.82) is 0 Å². The fraction of sp³-hybridized carbons (Fsp3) is 0.409. The van der Waals surface area contributed by atoms with Crippen molar-refractivity contribution in [2.75, 3.05) is 26.7 Å². The van der Waals surface area contributed by atoms with Gasteiger partial charge in [-0.15, -0.1) is 0 Å². The number of methoxy groups -OCH3 is 1. The predicted octanol–water partition coefficient (Wildman–Crippen LogP) is 3.50. The van der Waals surface area contributed by atoms with E-state index in [-0.39, 0.29) is 11.9 Å². The number of hydrogen-bond donors (Lipinski definition) is 1. The summed E-state index contributed by atoms with van der Waals surface area (Å²) < 4.78 is 5.26. The Bertz CT molecular complexity index is 704. The maximum Gasteiger partial charge on any atom is 0.224 e. The van der Waals surface area contributed by atoms with Crippen molar-refractivity contribution >= 4 is 5.91 Å². The summed E-state index contributed by atoms with van der Waals surface area (Å²) >= 11 is 0. The second kappa shape index (κ2) is 8.86. The molecule has 0 radical (unpaired) electrons. The zero-order valence-electron chi connectivity index (χ0n) is 15.7. The zero-order valence-corrected chi connectivity index (χ0v) is 15.7. The summed E-state index contributed by atoms with van der Waals surface area (Å²) in [6.07, 6.45) is 2.88. The average Bonchev–Trinajstić information content (AvgIpc) is 3.19. The van der Waals surface area contributed by atoms with Crippen LogP contribution >= 0.6 is 0 Å². The van der Waals surface area contributed by atoms with Gasteiger partial charge in [0.1, 0.15) is 5.75 Å². The molecule has 4 nitrogen and oxygen atoms in total. The fourth-order valence-electron chi connectivity index (χ4n) is 3.50. The van der Waals surface area contributed by atoms with Crippen LogP contribution in [-0.4, -0.2) is 37.6 Å². The Hall–Kier alpha value is -2.33. The first-order chi connectivity index (χ1) is 12.7. The Balaban J connectivity index is 1.63. The molecule has 4 heteroatoms. The third kappa shape index (κ3) is 4.85. The van der Waals surface area contributed by atoms with Crippen molar-refractivity contribution in [2.45, 2.75) is 32.2 Å². The first-order valence-corrected chi connectivity index (χ1v) is 9.36. The number of hydrogen-bond acceptors (Lipinski definition) is 3. The second-order valence-electron chi connectivity index (χ2n) is 7.00. The maximum atomic E-state index is 12.4. The summed E-state index contributed by atoms with van der Waals surface area (Å²) in [5.41, 5.74) is 3.49. The summed E-state index contributed by atoms with van der Waals surface area (Å²) in [6.45, 7) is 4.87. The number of nitrogens with zero attached hydrogens (tertiary/aromatic N) is 1. The highest BCUT2D eigenvalue weighted by molar-refractivity contribution is 5.78. The number of likely N-dealkylation sites (tertiary alicyclic amines) is 1. The van der Waals surface area contributed by atoms with Gasteiger partial charge in [-0.2, -0.15) is 0 Å². The molecule has 1 heterocycles. The molecule has 1 N–H and O–H groups in total. The van der Waals surface area contributed by atoms with E-state index in [9.17, 15) is 4.79 Å². The normalized spacial score (nSPS) is 15.6. The van der Waals surface area contributed by atoms with E-state index < -0.39 is 0 Å². The molecule has 1 fully saturated rings. The van der Waals surface area contributed by atoms with Crippen molar-refractivity contribution in [2.24, 2.45) is 0 Å². The highest BCUT2D eigenvalue weighted by Crippen LogP contribution is 2.26. The fourth-order valence-corrected chi connectivity index (χ4v) is 3.50. The van der Waals surface area contributed by atoms with Crippen LogP contribution in [-0.2, 0) is 11.2 Å². The van der Waals surface area contributed by atoms with Gasteiger partial charge in [-0.1, -0.05) is 42.0 Å². The highest BCUT2D eigenvalue weighted by atomic mass is 16.5. The molecule has 2 aromatic carbocycles. The molecular weight excluding hydrogens is 324 g/mol. The van der Waals surface area contributed by atoms with Gasteiger partial charge in [0.2, 0.25) is 5.91 Å². The van der Waals surface area contributed by atoms with Gasteiger partial charge in [-0.05, 0) is 56.1 Å². The van der Waals surface area contributed by atoms with E-state index in [4.69, 9.17) is 4.74 Å². The van der Waals surface area contributed by atoms with Gasteiger partial charge < -0.3 is 10.1 Å². The van der Waals surface area contributed by atoms with Crippen LogP contribution in [0.1, 0.15) is 35.6 Å². The molecule has 1 aliphatic rings. The molecule has 0 saturated carbocycles. The van der Waals surface area contributed by atoms with Crippen LogP contribution < -0.4 is 10.1 Å². The Morgan fingerprint density at radius 2 is 1.73 bits per heavy atom. The summed E-state index contributed by atoms with van der Waals surface area (Å²) in [7, 11) is 1.68. The largest absolute Gasteiger partial charge is 0.497 e. The number of rotatable bonds is 7. The molecule has 1 unspecified atom stereocenters. The minimum atomic E-state index is 0.0755. The third-order valence-electron chi connectivity index (χ3n) is 5.06. The van der Waals surface area contributed by atoms with Gasteiger partial charge in [-0.25, -0.2) is 0 Å². The lowest BCUT2D eigenvalue weighted by atomic mass is 10.0. The molecule has 26 heavy (non-hydrogen) atoms. The Morgan fingerprint density at radius 3 is 2.35 bits per heavy atom. The number of carbonyl (C=O) groups is 1. The second-order valence-corrected chi connectivity index (χ2v) is 7.00. The van der Waals surface area contributed by atoms with Gasteiger partial charge in [0.25, 0.3) is 0 Å². The molecule has 0 bridgehead atoms. The number of nitrogens with one attached hydrogen (secondary N) is 1. The minimum absolute atomic E-state index is 0.0755. The monoisotopic (exact) mass is 352 g/mol. The first kappa shape index (κ1) is 18.5. The van der Waals surface area contributed by atoms with E-state index in [2.05, 4.69) is 29.3 Å². The molecule has 2 aromatic rings. The van der Waals surface area contributed by atoms with Crippen molar-refractivity contribution < 1.29 is 9.53 Å². The topological polar surface area (TPSA) is 41.6 Å². The minimum Gasteiger partial charge on any atom is -0.497 e. The van der Waals surface area contributed by atoms with Gasteiger partial charge >= 0.3 is 0 Å². The van der Waals surface area contributed by atoms with Gasteiger partial charge in [-0.3, -0.25) is 9.69 Å². The van der Waals surface area contributed by atoms with Crippen LogP contribution in [0, 0.1) is 6.92 Å². The summed E-state index contributed by atoms with van der Waals surface area (Å²) in [4.78, 5) is 14.9. The molecule has 1 amide bonds. The van der Waals surface area contributed by atoms with Gasteiger partial charge in [0, 0.05) is 6.54 Å². The van der Waals surface area contributed by atoms with Crippen LogP contribution in [0.15, 0.2) is 48.5 Å². The molecule has 0 spiro atoms. The van der Waals surface area contributed by atoms with Crippen LogP contribution in [0.4, 0.5) is 0 Å². The Labute approximate surface area is 156 Å². The summed E-state index contributed by atoms with van der Waals surface area (Å²) in [6, 6.07) is 16.6. The van der Waals surface area contributed by atoms with Gasteiger partial charge in [0.15, 0.2) is 0 Å². The van der Waals surface area contributed by atoms with Crippen molar-refractivity contribution in [3.8, 4) is 5.75 Å². The first-order valence-electron chi connectivity index (χ1n) is 9.36. The number of carbonyl (C=O) groups excluding carboxylic acids is 1. The molecule has 138 valence electrons. The van der Waals surface area contributed by atoms with Crippen LogP contribution in [0.2, 0.25) is 0 Å². The van der Waals surface area contributed by atoms with E-state index in [0.717, 1.165) is 24.4 Å². The lowest BCUT2D eigenvalue weighted by Gasteiger charge is -2.28. The average molecular weight is 352 g/mol. The number of aryl methyl sites for hydroxylation is 1. The molecule has 3 rings (SSSR count). The van der Waals surface area contributed by atoms with Crippen molar-refractivity contribution in [1.82, 2.24) is 10.2 Å². The highest BCUT2D eigenvalue weighted by Gasteiger charge is 2.24. The molecule has 1 saturated heterocycles.